The van der Waals surface area contributed by atoms with Crippen molar-refractivity contribution in [2.75, 3.05) is 5.75 Å². The van der Waals surface area contributed by atoms with E-state index in [1.165, 1.54) is 18.0 Å². The summed E-state index contributed by atoms with van der Waals surface area (Å²) in [6, 6.07) is 21.1. The van der Waals surface area contributed by atoms with Gasteiger partial charge in [0.25, 0.3) is 5.91 Å². The Bertz CT molecular complexity index is 1180. The zero-order chi connectivity index (χ0) is 20.8. The molecule has 30 heavy (non-hydrogen) atoms. The summed E-state index contributed by atoms with van der Waals surface area (Å²) in [5, 5.41) is 5.43. The summed E-state index contributed by atoms with van der Waals surface area (Å²) in [6.45, 7) is 0.638. The van der Waals surface area contributed by atoms with E-state index in [2.05, 4.69) is 20.1 Å². The lowest BCUT2D eigenvalue weighted by atomic mass is 10.2. The molecular formula is C22H18ClN5OS. The number of carbonyl (C=O) groups is 1. The minimum atomic E-state index is -0.211. The number of pyridine rings is 1. The molecule has 0 fully saturated rings. The minimum Gasteiger partial charge on any atom is -0.314 e. The van der Waals surface area contributed by atoms with E-state index in [4.69, 9.17) is 16.6 Å². The quantitative estimate of drug-likeness (QED) is 0.266. The zero-order valence-electron chi connectivity index (χ0n) is 15.9. The number of nitrogens with zero attached hydrogens (tertiary/aromatic N) is 4. The average molecular weight is 436 g/mol. The number of thioether (sulfide) groups is 1. The van der Waals surface area contributed by atoms with Gasteiger partial charge < -0.3 is 4.57 Å². The minimum absolute atomic E-state index is 0.198. The van der Waals surface area contributed by atoms with E-state index in [9.17, 15) is 4.79 Å². The molecule has 4 aromatic rings. The maximum atomic E-state index is 12.2. The zero-order valence-corrected chi connectivity index (χ0v) is 17.5. The summed E-state index contributed by atoms with van der Waals surface area (Å²) in [4.78, 5) is 21.0. The summed E-state index contributed by atoms with van der Waals surface area (Å²) < 4.78 is 2.10. The standard InChI is InChI=1S/C22H18ClN5OS/c23-17-10-8-16(9-11-17)14-28-20-7-2-1-6-19(20)26-22(28)30-15-21(29)27-25-13-18-5-3-4-12-24-18/h1-13H,14-15H2,(H,27,29). The lowest BCUT2D eigenvalue weighted by molar-refractivity contribution is -0.118. The number of hydrazone groups is 1. The predicted molar refractivity (Wildman–Crippen MR) is 121 cm³/mol. The van der Waals surface area contributed by atoms with Crippen molar-refractivity contribution in [3.63, 3.8) is 0 Å². The third-order valence-corrected chi connectivity index (χ3v) is 5.51. The Balaban J connectivity index is 1.46. The highest BCUT2D eigenvalue weighted by Crippen LogP contribution is 2.25. The first kappa shape index (κ1) is 20.1. The molecule has 0 aliphatic heterocycles. The number of imidazole rings is 1. The van der Waals surface area contributed by atoms with Crippen LogP contribution < -0.4 is 5.43 Å². The van der Waals surface area contributed by atoms with Crippen molar-refractivity contribution >= 4 is 46.5 Å². The van der Waals surface area contributed by atoms with Gasteiger partial charge in [-0.3, -0.25) is 9.78 Å². The molecule has 0 atom stereocenters. The van der Waals surface area contributed by atoms with Gasteiger partial charge in [-0.2, -0.15) is 5.10 Å². The number of aromatic nitrogens is 3. The number of fused-ring (bicyclic) bond motifs is 1. The van der Waals surface area contributed by atoms with Crippen LogP contribution in [0.25, 0.3) is 11.0 Å². The van der Waals surface area contributed by atoms with Crippen LogP contribution in [-0.2, 0) is 11.3 Å². The van der Waals surface area contributed by atoms with Crippen molar-refractivity contribution in [2.24, 2.45) is 5.10 Å². The van der Waals surface area contributed by atoms with Crippen molar-refractivity contribution in [2.45, 2.75) is 11.7 Å². The smallest absolute Gasteiger partial charge is 0.250 e. The number of carbonyl (C=O) groups excluding carboxylic acids is 1. The summed E-state index contributed by atoms with van der Waals surface area (Å²) in [5.41, 5.74) is 6.22. The number of hydrogen-bond donors (Lipinski definition) is 1. The van der Waals surface area contributed by atoms with Gasteiger partial charge in [0.15, 0.2) is 5.16 Å². The van der Waals surface area contributed by atoms with E-state index in [1.807, 2.05) is 66.7 Å². The van der Waals surface area contributed by atoms with Crippen LogP contribution in [0, 0.1) is 0 Å². The maximum absolute atomic E-state index is 12.2. The largest absolute Gasteiger partial charge is 0.314 e. The summed E-state index contributed by atoms with van der Waals surface area (Å²) >= 11 is 7.38. The fraction of sp³-hybridized carbons (Fsp3) is 0.0909. The topological polar surface area (TPSA) is 72.2 Å². The Kier molecular flexibility index (Phi) is 6.41. The molecule has 0 saturated heterocycles. The van der Waals surface area contributed by atoms with Crippen LogP contribution >= 0.6 is 23.4 Å². The summed E-state index contributed by atoms with van der Waals surface area (Å²) in [6.07, 6.45) is 3.18. The number of hydrogen-bond acceptors (Lipinski definition) is 5. The molecule has 6 nitrogen and oxygen atoms in total. The number of nitrogens with one attached hydrogen (secondary N) is 1. The fourth-order valence-corrected chi connectivity index (χ4v) is 3.81. The van der Waals surface area contributed by atoms with Crippen molar-refractivity contribution in [3.05, 3.63) is 89.2 Å². The second kappa shape index (κ2) is 9.56. The number of amides is 1. The van der Waals surface area contributed by atoms with Crippen molar-refractivity contribution in [3.8, 4) is 0 Å². The molecule has 0 aliphatic carbocycles. The van der Waals surface area contributed by atoms with Crippen molar-refractivity contribution < 1.29 is 4.79 Å². The molecule has 4 rings (SSSR count). The highest BCUT2D eigenvalue weighted by Gasteiger charge is 2.13. The molecule has 150 valence electrons. The highest BCUT2D eigenvalue weighted by molar-refractivity contribution is 7.99. The lowest BCUT2D eigenvalue weighted by Crippen LogP contribution is -2.20. The molecule has 0 saturated carbocycles. The first-order valence-electron chi connectivity index (χ1n) is 9.24. The number of halogens is 1. The first-order chi connectivity index (χ1) is 14.7. The van der Waals surface area contributed by atoms with Crippen LogP contribution in [0.2, 0.25) is 5.02 Å². The molecule has 0 radical (unpaired) electrons. The SMILES string of the molecule is O=C(CSc1nc2ccccc2n1Cc1ccc(Cl)cc1)NN=Cc1ccccn1. The molecule has 2 heterocycles. The van der Waals surface area contributed by atoms with Gasteiger partial charge >= 0.3 is 0 Å². The highest BCUT2D eigenvalue weighted by atomic mass is 35.5. The Morgan fingerprint density at radius 2 is 1.90 bits per heavy atom. The van der Waals surface area contributed by atoms with E-state index in [0.717, 1.165) is 21.8 Å². The number of rotatable bonds is 7. The molecule has 0 aliphatic rings. The maximum Gasteiger partial charge on any atom is 0.250 e. The van der Waals surface area contributed by atoms with Gasteiger partial charge in [0, 0.05) is 11.2 Å². The van der Waals surface area contributed by atoms with E-state index in [1.54, 1.807) is 6.20 Å². The van der Waals surface area contributed by atoms with Crippen LogP contribution in [0.15, 0.2) is 83.2 Å². The predicted octanol–water partition coefficient (Wildman–Crippen LogP) is 4.38. The summed E-state index contributed by atoms with van der Waals surface area (Å²) in [7, 11) is 0. The summed E-state index contributed by atoms with van der Waals surface area (Å²) in [5.74, 6) is -0.0129. The Morgan fingerprint density at radius 1 is 1.10 bits per heavy atom. The van der Waals surface area contributed by atoms with Crippen LogP contribution in [0.1, 0.15) is 11.3 Å². The molecule has 0 bridgehead atoms. The van der Waals surface area contributed by atoms with E-state index in [-0.39, 0.29) is 11.7 Å². The third kappa shape index (κ3) is 5.06. The molecular weight excluding hydrogens is 418 g/mol. The van der Waals surface area contributed by atoms with Gasteiger partial charge in [-0.25, -0.2) is 10.4 Å². The van der Waals surface area contributed by atoms with Gasteiger partial charge in [0.2, 0.25) is 0 Å². The van der Waals surface area contributed by atoms with Crippen LogP contribution in [0.4, 0.5) is 0 Å². The molecule has 1 N–H and O–H groups in total. The first-order valence-corrected chi connectivity index (χ1v) is 10.6. The van der Waals surface area contributed by atoms with Crippen molar-refractivity contribution in [1.29, 1.82) is 0 Å². The molecule has 1 amide bonds. The van der Waals surface area contributed by atoms with Crippen LogP contribution in [0.5, 0.6) is 0 Å². The fourth-order valence-electron chi connectivity index (χ4n) is 2.87. The van der Waals surface area contributed by atoms with Crippen LogP contribution in [0.3, 0.4) is 0 Å². The molecule has 2 aromatic heterocycles. The van der Waals surface area contributed by atoms with E-state index >= 15 is 0 Å². The normalized spacial score (nSPS) is 11.2. The third-order valence-electron chi connectivity index (χ3n) is 4.28. The number of para-hydroxylation sites is 2. The van der Waals surface area contributed by atoms with Gasteiger partial charge in [-0.05, 0) is 42.0 Å². The molecule has 0 spiro atoms. The monoisotopic (exact) mass is 435 g/mol. The Labute approximate surface area is 183 Å². The Hall–Kier alpha value is -3.16. The molecule has 0 unspecified atom stereocenters. The second-order valence-electron chi connectivity index (χ2n) is 6.43. The van der Waals surface area contributed by atoms with E-state index < -0.39 is 0 Å². The Morgan fingerprint density at radius 3 is 2.70 bits per heavy atom. The second-order valence-corrected chi connectivity index (χ2v) is 7.81. The van der Waals surface area contributed by atoms with Gasteiger partial charge in [-0.1, -0.05) is 53.7 Å². The van der Waals surface area contributed by atoms with E-state index in [0.29, 0.717) is 17.3 Å². The van der Waals surface area contributed by atoms with Crippen LogP contribution in [-0.4, -0.2) is 32.4 Å². The van der Waals surface area contributed by atoms with Crippen molar-refractivity contribution in [1.82, 2.24) is 20.0 Å². The van der Waals surface area contributed by atoms with Gasteiger partial charge in [0.05, 0.1) is 35.2 Å². The average Bonchev–Trinajstić information content (AvgIpc) is 3.12. The molecule has 2 aromatic carbocycles. The molecule has 8 heteroatoms. The van der Waals surface area contributed by atoms with Gasteiger partial charge in [-0.15, -0.1) is 0 Å². The van der Waals surface area contributed by atoms with Gasteiger partial charge in [0.1, 0.15) is 0 Å². The lowest BCUT2D eigenvalue weighted by Gasteiger charge is -2.09. The number of benzene rings is 2.